The van der Waals surface area contributed by atoms with Gasteiger partial charge in [0.1, 0.15) is 23.7 Å². The molecule has 0 saturated carbocycles. The first-order valence-electron chi connectivity index (χ1n) is 7.45. The van der Waals surface area contributed by atoms with Crippen LogP contribution in [0.3, 0.4) is 0 Å². The lowest BCUT2D eigenvalue weighted by atomic mass is 9.93. The van der Waals surface area contributed by atoms with E-state index in [-0.39, 0.29) is 5.78 Å². The molecule has 116 valence electrons. The van der Waals surface area contributed by atoms with E-state index in [4.69, 9.17) is 14.7 Å². The smallest absolute Gasteiger partial charge is 0.170 e. The van der Waals surface area contributed by atoms with Gasteiger partial charge in [0.2, 0.25) is 0 Å². The van der Waals surface area contributed by atoms with Gasteiger partial charge in [-0.1, -0.05) is 12.1 Å². The molecule has 0 amide bonds. The number of ether oxygens (including phenoxy) is 2. The normalized spacial score (nSPS) is 15.3. The van der Waals surface area contributed by atoms with E-state index >= 15 is 0 Å². The standard InChI is InChI=1S/C19H17NO3/c1-19(2)10-17(21)16-8-7-15(9-18(16)23-19)22-12-14-5-3-13(11-20)4-6-14/h3-9H,10,12H2,1-2H3. The van der Waals surface area contributed by atoms with Crippen LogP contribution >= 0.6 is 0 Å². The zero-order chi connectivity index (χ0) is 16.4. The van der Waals surface area contributed by atoms with Crippen molar-refractivity contribution in [2.45, 2.75) is 32.5 Å². The molecule has 4 heteroatoms. The van der Waals surface area contributed by atoms with Crippen molar-refractivity contribution in [3.05, 3.63) is 59.2 Å². The molecule has 23 heavy (non-hydrogen) atoms. The molecule has 0 N–H and O–H groups in total. The van der Waals surface area contributed by atoms with E-state index in [2.05, 4.69) is 6.07 Å². The van der Waals surface area contributed by atoms with Crippen molar-refractivity contribution in [3.63, 3.8) is 0 Å². The lowest BCUT2D eigenvalue weighted by molar-refractivity contribution is 0.0618. The molecule has 2 aromatic rings. The summed E-state index contributed by atoms with van der Waals surface area (Å²) in [5, 5.41) is 8.79. The number of rotatable bonds is 3. The molecule has 0 fully saturated rings. The van der Waals surface area contributed by atoms with Gasteiger partial charge in [0.05, 0.1) is 23.6 Å². The molecule has 0 aliphatic carbocycles. The predicted molar refractivity (Wildman–Crippen MR) is 85.6 cm³/mol. The topological polar surface area (TPSA) is 59.3 Å². The molecule has 3 rings (SSSR count). The maximum Gasteiger partial charge on any atom is 0.170 e. The average molecular weight is 307 g/mol. The Morgan fingerprint density at radius 2 is 1.96 bits per heavy atom. The molecule has 0 saturated heterocycles. The molecule has 0 spiro atoms. The molecule has 0 atom stereocenters. The fraction of sp³-hybridized carbons (Fsp3) is 0.263. The predicted octanol–water partition coefficient (Wildman–Crippen LogP) is 3.88. The first-order valence-corrected chi connectivity index (χ1v) is 7.45. The van der Waals surface area contributed by atoms with E-state index in [9.17, 15) is 4.79 Å². The van der Waals surface area contributed by atoms with Gasteiger partial charge in [-0.3, -0.25) is 4.79 Å². The number of ketones is 1. The zero-order valence-corrected chi connectivity index (χ0v) is 13.1. The van der Waals surface area contributed by atoms with Crippen LogP contribution in [0, 0.1) is 11.3 Å². The summed E-state index contributed by atoms with van der Waals surface area (Å²) in [7, 11) is 0. The largest absolute Gasteiger partial charge is 0.489 e. The van der Waals surface area contributed by atoms with E-state index in [1.165, 1.54) is 0 Å². The molecule has 1 aliphatic rings. The Bertz CT molecular complexity index is 785. The van der Waals surface area contributed by atoms with Crippen LogP contribution in [0.2, 0.25) is 0 Å². The van der Waals surface area contributed by atoms with Crippen LogP contribution in [-0.2, 0) is 6.61 Å². The molecular formula is C19H17NO3. The minimum absolute atomic E-state index is 0.0925. The number of nitrogens with zero attached hydrogens (tertiary/aromatic N) is 1. The van der Waals surface area contributed by atoms with Crippen molar-refractivity contribution < 1.29 is 14.3 Å². The van der Waals surface area contributed by atoms with Gasteiger partial charge < -0.3 is 9.47 Å². The number of carbonyl (C=O) groups excluding carboxylic acids is 1. The van der Waals surface area contributed by atoms with E-state index in [1.807, 2.05) is 26.0 Å². The third-order valence-electron chi connectivity index (χ3n) is 3.71. The second-order valence-electron chi connectivity index (χ2n) is 6.22. The quantitative estimate of drug-likeness (QED) is 0.863. The minimum atomic E-state index is -0.490. The molecule has 0 bridgehead atoms. The Balaban J connectivity index is 1.74. The lowest BCUT2D eigenvalue weighted by Gasteiger charge is -2.31. The van der Waals surface area contributed by atoms with Crippen molar-refractivity contribution in [1.29, 1.82) is 5.26 Å². The highest BCUT2D eigenvalue weighted by Gasteiger charge is 2.32. The number of benzene rings is 2. The molecule has 2 aromatic carbocycles. The Morgan fingerprint density at radius 1 is 1.22 bits per heavy atom. The third kappa shape index (κ3) is 3.35. The van der Waals surface area contributed by atoms with E-state index in [0.717, 1.165) is 5.56 Å². The van der Waals surface area contributed by atoms with Crippen LogP contribution in [-0.4, -0.2) is 11.4 Å². The van der Waals surface area contributed by atoms with Crippen LogP contribution in [0.15, 0.2) is 42.5 Å². The molecule has 1 aliphatic heterocycles. The zero-order valence-electron chi connectivity index (χ0n) is 13.1. The number of hydrogen-bond donors (Lipinski definition) is 0. The van der Waals surface area contributed by atoms with Crippen LogP contribution in [0.5, 0.6) is 11.5 Å². The Hall–Kier alpha value is -2.80. The number of fused-ring (bicyclic) bond motifs is 1. The Kier molecular flexibility index (Phi) is 3.79. The highest BCUT2D eigenvalue weighted by molar-refractivity contribution is 6.00. The van der Waals surface area contributed by atoms with Crippen molar-refractivity contribution in [1.82, 2.24) is 0 Å². The van der Waals surface area contributed by atoms with Gasteiger partial charge in [0.15, 0.2) is 5.78 Å². The summed E-state index contributed by atoms with van der Waals surface area (Å²) < 4.78 is 11.6. The summed E-state index contributed by atoms with van der Waals surface area (Å²) in [6.45, 7) is 4.19. The summed E-state index contributed by atoms with van der Waals surface area (Å²) in [4.78, 5) is 12.1. The van der Waals surface area contributed by atoms with Gasteiger partial charge in [-0.2, -0.15) is 5.26 Å². The fourth-order valence-corrected chi connectivity index (χ4v) is 2.57. The first-order chi connectivity index (χ1) is 11.0. The number of carbonyl (C=O) groups is 1. The molecule has 4 nitrogen and oxygen atoms in total. The number of hydrogen-bond acceptors (Lipinski definition) is 4. The Morgan fingerprint density at radius 3 is 2.65 bits per heavy atom. The van der Waals surface area contributed by atoms with Crippen LogP contribution < -0.4 is 9.47 Å². The summed E-state index contributed by atoms with van der Waals surface area (Å²) in [5.41, 5.74) is 1.71. The highest BCUT2D eigenvalue weighted by Crippen LogP contribution is 2.35. The van der Waals surface area contributed by atoms with Crippen LogP contribution in [0.4, 0.5) is 0 Å². The summed E-state index contributed by atoms with van der Waals surface area (Å²) in [5.74, 6) is 1.32. The summed E-state index contributed by atoms with van der Waals surface area (Å²) in [6.07, 6.45) is 0.380. The Labute approximate surface area is 135 Å². The summed E-state index contributed by atoms with van der Waals surface area (Å²) >= 11 is 0. The van der Waals surface area contributed by atoms with Gasteiger partial charge in [-0.15, -0.1) is 0 Å². The number of Topliss-reactive ketones (excluding diaryl/α,β-unsaturated/α-hetero) is 1. The summed E-state index contributed by atoms with van der Waals surface area (Å²) in [6, 6.07) is 14.6. The third-order valence-corrected chi connectivity index (χ3v) is 3.71. The minimum Gasteiger partial charge on any atom is -0.489 e. The maximum absolute atomic E-state index is 12.1. The van der Waals surface area contributed by atoms with Gasteiger partial charge in [-0.25, -0.2) is 0 Å². The molecule has 0 radical (unpaired) electrons. The van der Waals surface area contributed by atoms with Crippen molar-refractivity contribution in [2.24, 2.45) is 0 Å². The SMILES string of the molecule is CC1(C)CC(=O)c2ccc(OCc3ccc(C#N)cc3)cc2O1. The van der Waals surface area contributed by atoms with Crippen molar-refractivity contribution >= 4 is 5.78 Å². The number of nitriles is 1. The lowest BCUT2D eigenvalue weighted by Crippen LogP contribution is -2.35. The molecular weight excluding hydrogens is 290 g/mol. The fourth-order valence-electron chi connectivity index (χ4n) is 2.57. The monoisotopic (exact) mass is 307 g/mol. The van der Waals surface area contributed by atoms with E-state index in [1.54, 1.807) is 30.3 Å². The van der Waals surface area contributed by atoms with Gasteiger partial charge in [0, 0.05) is 6.07 Å². The van der Waals surface area contributed by atoms with Crippen LogP contribution in [0.1, 0.15) is 41.8 Å². The second-order valence-corrected chi connectivity index (χ2v) is 6.22. The average Bonchev–Trinajstić information content (AvgIpc) is 2.52. The van der Waals surface area contributed by atoms with Gasteiger partial charge >= 0.3 is 0 Å². The van der Waals surface area contributed by atoms with Crippen molar-refractivity contribution in [2.75, 3.05) is 0 Å². The van der Waals surface area contributed by atoms with E-state index < -0.39 is 5.60 Å². The first kappa shape index (κ1) is 15.1. The molecule has 0 unspecified atom stereocenters. The van der Waals surface area contributed by atoms with Gasteiger partial charge in [0.25, 0.3) is 0 Å². The van der Waals surface area contributed by atoms with Crippen LogP contribution in [0.25, 0.3) is 0 Å². The van der Waals surface area contributed by atoms with Gasteiger partial charge in [-0.05, 0) is 43.7 Å². The van der Waals surface area contributed by atoms with E-state index in [0.29, 0.717) is 35.7 Å². The molecule has 0 aromatic heterocycles. The second kappa shape index (κ2) is 5.77. The van der Waals surface area contributed by atoms with Crippen molar-refractivity contribution in [3.8, 4) is 17.6 Å². The maximum atomic E-state index is 12.1. The highest BCUT2D eigenvalue weighted by atomic mass is 16.5. The molecule has 1 heterocycles.